The van der Waals surface area contributed by atoms with Crippen LogP contribution in [0.15, 0.2) is 48.5 Å². The molecule has 4 heterocycles. The Kier molecular flexibility index (Phi) is 9.06. The van der Waals surface area contributed by atoms with E-state index in [0.717, 1.165) is 24.6 Å². The van der Waals surface area contributed by atoms with Crippen molar-refractivity contribution in [2.75, 3.05) is 6.61 Å². The third-order valence-electron chi connectivity index (χ3n) is 9.88. The smallest absolute Gasteiger partial charge is 0.202 e. The van der Waals surface area contributed by atoms with Gasteiger partial charge < -0.3 is 9.42 Å². The minimum absolute atomic E-state index is 0.0754. The maximum Gasteiger partial charge on any atom is 0.202 e. The molecule has 4 aliphatic rings. The molecule has 2 nitrogen and oxygen atoms in total. The van der Waals surface area contributed by atoms with Crippen molar-refractivity contribution in [3.8, 4) is 0 Å². The monoisotopic (exact) mass is 538 g/mol. The maximum absolute atomic E-state index is 11.0. The van der Waals surface area contributed by atoms with Gasteiger partial charge in [-0.25, -0.2) is 0 Å². The van der Waals surface area contributed by atoms with E-state index in [2.05, 4.69) is 132 Å². The summed E-state index contributed by atoms with van der Waals surface area (Å²) < 4.78 is 6.10. The van der Waals surface area contributed by atoms with Gasteiger partial charge in [0.25, 0.3) is 0 Å². The molecule has 212 valence electrons. The Morgan fingerprint density at radius 1 is 0.842 bits per heavy atom. The zero-order valence-corrected chi connectivity index (χ0v) is 27.3. The van der Waals surface area contributed by atoms with Crippen LogP contribution in [0.2, 0.25) is 0 Å². The molecule has 0 radical (unpaired) electrons. The summed E-state index contributed by atoms with van der Waals surface area (Å²) in [5, 5.41) is 0.885. The molecule has 0 aliphatic carbocycles. The summed E-state index contributed by atoms with van der Waals surface area (Å²) in [6, 6.07) is 18.0. The van der Waals surface area contributed by atoms with Crippen molar-refractivity contribution in [2.24, 2.45) is 21.7 Å². The van der Waals surface area contributed by atoms with Gasteiger partial charge in [-0.05, 0) is 75.2 Å². The summed E-state index contributed by atoms with van der Waals surface area (Å²) in [7, 11) is -1.65. The molecule has 1 N–H and O–H groups in total. The largest absolute Gasteiger partial charge is 0.346 e. The lowest BCUT2D eigenvalue weighted by atomic mass is 9.51. The van der Waals surface area contributed by atoms with E-state index >= 15 is 0 Å². The molecule has 3 heteroatoms. The SMILES string of the molecule is CCC1(C)CC(C(C)(C)C)c2ccc(cc2)P(O)OCC(C)(C)c2ccc(cc2)C(CC(C)(C)C)C1(C)C. The van der Waals surface area contributed by atoms with Gasteiger partial charge in [0.1, 0.15) is 0 Å². The molecular weight excluding hydrogens is 483 g/mol. The number of benzene rings is 2. The fraction of sp³-hybridized carbons (Fsp3) is 0.657. The van der Waals surface area contributed by atoms with Crippen molar-refractivity contribution in [3.63, 3.8) is 0 Å². The fourth-order valence-electron chi connectivity index (χ4n) is 6.44. The Hall–Kier alpha value is -1.21. The lowest BCUT2D eigenvalue weighted by Gasteiger charge is -2.53. The van der Waals surface area contributed by atoms with Crippen molar-refractivity contribution in [3.05, 3.63) is 65.2 Å². The number of rotatable bonds is 2. The first kappa shape index (κ1) is 31.3. The highest BCUT2D eigenvalue weighted by Crippen LogP contribution is 2.59. The molecule has 0 spiro atoms. The molecule has 0 saturated carbocycles. The number of hydrogen-bond donors (Lipinski definition) is 1. The molecule has 6 rings (SSSR count). The predicted octanol–water partition coefficient (Wildman–Crippen LogP) is 10.1. The first-order chi connectivity index (χ1) is 17.3. The first-order valence-electron chi connectivity index (χ1n) is 14.6. The highest BCUT2D eigenvalue weighted by atomic mass is 31.2. The van der Waals surface area contributed by atoms with Crippen molar-refractivity contribution in [2.45, 2.75) is 120 Å². The van der Waals surface area contributed by atoms with E-state index in [-0.39, 0.29) is 27.1 Å². The Labute approximate surface area is 235 Å². The molecule has 0 fully saturated rings. The summed E-state index contributed by atoms with van der Waals surface area (Å²) in [4.78, 5) is 11.0. The Balaban J connectivity index is 2.25. The maximum atomic E-state index is 11.0. The second kappa shape index (κ2) is 11.0. The van der Waals surface area contributed by atoms with Gasteiger partial charge in [0.05, 0.1) is 6.61 Å². The van der Waals surface area contributed by atoms with Gasteiger partial charge in [-0.15, -0.1) is 0 Å². The zero-order chi connectivity index (χ0) is 28.7. The van der Waals surface area contributed by atoms with Crippen LogP contribution in [0.4, 0.5) is 0 Å². The van der Waals surface area contributed by atoms with E-state index < -0.39 is 8.38 Å². The van der Waals surface area contributed by atoms with Crippen LogP contribution in [-0.2, 0) is 9.94 Å². The molecule has 4 aliphatic heterocycles. The molecule has 38 heavy (non-hydrogen) atoms. The van der Waals surface area contributed by atoms with E-state index in [1.165, 1.54) is 16.7 Å². The molecule has 2 aromatic rings. The number of hydrogen-bond acceptors (Lipinski definition) is 2. The predicted molar refractivity (Wildman–Crippen MR) is 166 cm³/mol. The third kappa shape index (κ3) is 6.74. The van der Waals surface area contributed by atoms with Gasteiger partial charge in [0.15, 0.2) is 0 Å². The Morgan fingerprint density at radius 3 is 1.84 bits per heavy atom. The van der Waals surface area contributed by atoms with Crippen LogP contribution >= 0.6 is 8.38 Å². The van der Waals surface area contributed by atoms with Crippen LogP contribution in [0.3, 0.4) is 0 Å². The van der Waals surface area contributed by atoms with E-state index in [1.807, 2.05) is 0 Å². The van der Waals surface area contributed by atoms with Gasteiger partial charge in [0, 0.05) is 10.7 Å². The summed E-state index contributed by atoms with van der Waals surface area (Å²) in [5.74, 6) is 0.837. The summed E-state index contributed by atoms with van der Waals surface area (Å²) in [6.45, 7) is 29.2. The first-order valence-corrected chi connectivity index (χ1v) is 15.8. The molecule has 4 unspecified atom stereocenters. The third-order valence-corrected chi connectivity index (χ3v) is 11.0. The van der Waals surface area contributed by atoms with Crippen LogP contribution in [0, 0.1) is 21.7 Å². The van der Waals surface area contributed by atoms with Crippen LogP contribution in [-0.4, -0.2) is 11.5 Å². The van der Waals surface area contributed by atoms with Crippen molar-refractivity contribution < 1.29 is 9.42 Å². The summed E-state index contributed by atoms with van der Waals surface area (Å²) in [5.41, 5.74) is 4.39. The Bertz CT molecular complexity index is 1050. The van der Waals surface area contributed by atoms with Crippen molar-refractivity contribution in [1.29, 1.82) is 0 Å². The normalized spacial score (nSPS) is 28.3. The zero-order valence-electron chi connectivity index (χ0n) is 26.4. The van der Waals surface area contributed by atoms with Gasteiger partial charge in [-0.1, -0.05) is 126 Å². The summed E-state index contributed by atoms with van der Waals surface area (Å²) in [6.07, 6.45) is 3.40. The fourth-order valence-corrected chi connectivity index (χ4v) is 7.44. The van der Waals surface area contributed by atoms with Crippen LogP contribution in [0.5, 0.6) is 0 Å². The lowest BCUT2D eigenvalue weighted by Crippen LogP contribution is -2.43. The minimum atomic E-state index is -1.65. The topological polar surface area (TPSA) is 29.5 Å². The van der Waals surface area contributed by atoms with E-state index in [4.69, 9.17) is 4.52 Å². The molecule has 4 atom stereocenters. The van der Waals surface area contributed by atoms with E-state index in [9.17, 15) is 4.89 Å². The summed E-state index contributed by atoms with van der Waals surface area (Å²) >= 11 is 0. The molecular formula is C35H55O2P. The Morgan fingerprint density at radius 2 is 1.37 bits per heavy atom. The molecule has 2 aromatic carbocycles. The molecule has 4 bridgehead atoms. The van der Waals surface area contributed by atoms with Gasteiger partial charge in [0.2, 0.25) is 8.38 Å². The average Bonchev–Trinajstić information content (AvgIpc) is 2.82. The van der Waals surface area contributed by atoms with Gasteiger partial charge >= 0.3 is 0 Å². The highest BCUT2D eigenvalue weighted by Gasteiger charge is 2.48. The standard InChI is InChI=1S/C35H55O2P/c1-13-35(12)23-29(32(5,6)7)25-16-20-28(21-17-25)38(36)37-24-33(8,9)27-18-14-26(15-19-27)30(34(35,10)11)22-31(2,3)4/h14-21,29-30,36H,13,22-24H2,1-12H3. The van der Waals surface area contributed by atoms with E-state index in [0.29, 0.717) is 18.4 Å². The van der Waals surface area contributed by atoms with Crippen LogP contribution in [0.25, 0.3) is 0 Å². The minimum Gasteiger partial charge on any atom is -0.346 e. The quantitative estimate of drug-likeness (QED) is 0.385. The highest BCUT2D eigenvalue weighted by molar-refractivity contribution is 7.55. The van der Waals surface area contributed by atoms with E-state index in [1.54, 1.807) is 0 Å². The van der Waals surface area contributed by atoms with Crippen LogP contribution in [0.1, 0.15) is 131 Å². The van der Waals surface area contributed by atoms with Crippen molar-refractivity contribution >= 4 is 13.7 Å². The lowest BCUT2D eigenvalue weighted by molar-refractivity contribution is 0.0114. The van der Waals surface area contributed by atoms with Crippen LogP contribution < -0.4 is 5.30 Å². The molecule has 0 aromatic heterocycles. The molecule has 0 saturated heterocycles. The second-order valence-corrected chi connectivity index (χ2v) is 17.0. The van der Waals surface area contributed by atoms with Crippen molar-refractivity contribution in [1.82, 2.24) is 0 Å². The molecule has 0 amide bonds. The van der Waals surface area contributed by atoms with Gasteiger partial charge in [-0.2, -0.15) is 0 Å². The van der Waals surface area contributed by atoms with Gasteiger partial charge in [-0.3, -0.25) is 0 Å². The second-order valence-electron chi connectivity index (χ2n) is 15.7. The average molecular weight is 539 g/mol.